The zero-order valence-corrected chi connectivity index (χ0v) is 10.1. The summed E-state index contributed by atoms with van der Waals surface area (Å²) in [7, 11) is 0. The van der Waals surface area contributed by atoms with Crippen molar-refractivity contribution in [2.75, 3.05) is 18.4 Å². The first-order valence-electron chi connectivity index (χ1n) is 6.03. The summed E-state index contributed by atoms with van der Waals surface area (Å²) in [4.78, 5) is 13.8. The Labute approximate surface area is 102 Å². The lowest BCUT2D eigenvalue weighted by molar-refractivity contribution is 0.174. The van der Waals surface area contributed by atoms with E-state index in [0.29, 0.717) is 12.5 Å². The van der Waals surface area contributed by atoms with Crippen molar-refractivity contribution in [3.63, 3.8) is 0 Å². The number of nitrogens with one attached hydrogen (secondary N) is 1. The van der Waals surface area contributed by atoms with E-state index in [1.807, 2.05) is 30.3 Å². The SMILES string of the molecule is CC1CCN(C(=O)Nc2ccccc2)CC1N. The first-order valence-corrected chi connectivity index (χ1v) is 6.03. The van der Waals surface area contributed by atoms with E-state index in [2.05, 4.69) is 12.2 Å². The van der Waals surface area contributed by atoms with Gasteiger partial charge in [0.05, 0.1) is 0 Å². The maximum absolute atomic E-state index is 12.0. The molecule has 92 valence electrons. The van der Waals surface area contributed by atoms with Gasteiger partial charge in [0.1, 0.15) is 0 Å². The summed E-state index contributed by atoms with van der Waals surface area (Å²) in [6.45, 7) is 3.56. The second kappa shape index (κ2) is 5.19. The van der Waals surface area contributed by atoms with Crippen LogP contribution in [0.1, 0.15) is 13.3 Å². The largest absolute Gasteiger partial charge is 0.326 e. The second-order valence-electron chi connectivity index (χ2n) is 4.67. The van der Waals surface area contributed by atoms with Crippen molar-refractivity contribution in [3.8, 4) is 0 Å². The van der Waals surface area contributed by atoms with E-state index in [1.54, 1.807) is 4.90 Å². The summed E-state index contributed by atoms with van der Waals surface area (Å²) in [6.07, 6.45) is 0.976. The molecule has 2 amide bonds. The molecule has 1 aromatic rings. The molecule has 4 heteroatoms. The van der Waals surface area contributed by atoms with Gasteiger partial charge in [0.15, 0.2) is 0 Å². The minimum absolute atomic E-state index is 0.0569. The van der Waals surface area contributed by atoms with Gasteiger partial charge in [-0.1, -0.05) is 25.1 Å². The second-order valence-corrected chi connectivity index (χ2v) is 4.67. The van der Waals surface area contributed by atoms with Gasteiger partial charge in [0.2, 0.25) is 0 Å². The number of carbonyl (C=O) groups is 1. The highest BCUT2D eigenvalue weighted by Crippen LogP contribution is 2.16. The van der Waals surface area contributed by atoms with Crippen LogP contribution in [0.4, 0.5) is 10.5 Å². The predicted octanol–water partition coefficient (Wildman–Crippen LogP) is 1.89. The molecule has 1 aromatic carbocycles. The number of likely N-dealkylation sites (tertiary alicyclic amines) is 1. The number of rotatable bonds is 1. The Morgan fingerprint density at radius 2 is 2.12 bits per heavy atom. The third-order valence-electron chi connectivity index (χ3n) is 3.33. The highest BCUT2D eigenvalue weighted by Gasteiger charge is 2.26. The Hall–Kier alpha value is -1.55. The van der Waals surface area contributed by atoms with E-state index in [0.717, 1.165) is 18.7 Å². The molecule has 2 unspecified atom stereocenters. The smallest absolute Gasteiger partial charge is 0.321 e. The molecule has 1 fully saturated rings. The molecule has 0 bridgehead atoms. The Morgan fingerprint density at radius 3 is 2.76 bits per heavy atom. The van der Waals surface area contributed by atoms with Gasteiger partial charge in [0.25, 0.3) is 0 Å². The molecule has 1 aliphatic rings. The Morgan fingerprint density at radius 1 is 1.41 bits per heavy atom. The summed E-state index contributed by atoms with van der Waals surface area (Å²) < 4.78 is 0. The topological polar surface area (TPSA) is 58.4 Å². The summed E-state index contributed by atoms with van der Waals surface area (Å²) in [5.41, 5.74) is 6.80. The lowest BCUT2D eigenvalue weighted by atomic mass is 9.94. The number of anilines is 1. The number of para-hydroxylation sites is 1. The van der Waals surface area contributed by atoms with Crippen LogP contribution < -0.4 is 11.1 Å². The minimum atomic E-state index is -0.0569. The maximum atomic E-state index is 12.0. The lowest BCUT2D eigenvalue weighted by Crippen LogP contribution is -2.50. The fourth-order valence-electron chi connectivity index (χ4n) is 2.01. The number of carbonyl (C=O) groups excluding carboxylic acids is 1. The third kappa shape index (κ3) is 2.97. The fraction of sp³-hybridized carbons (Fsp3) is 0.462. The summed E-state index contributed by atoms with van der Waals surface area (Å²) in [6, 6.07) is 9.52. The normalized spacial score (nSPS) is 24.5. The van der Waals surface area contributed by atoms with Crippen LogP contribution in [-0.2, 0) is 0 Å². The first-order chi connectivity index (χ1) is 8.16. The molecular formula is C13H19N3O. The number of benzene rings is 1. The number of nitrogens with two attached hydrogens (primary N) is 1. The van der Waals surface area contributed by atoms with Gasteiger partial charge in [-0.15, -0.1) is 0 Å². The molecular weight excluding hydrogens is 214 g/mol. The number of urea groups is 1. The average Bonchev–Trinajstić information content (AvgIpc) is 2.34. The van der Waals surface area contributed by atoms with E-state index in [1.165, 1.54) is 0 Å². The van der Waals surface area contributed by atoms with Crippen molar-refractivity contribution in [3.05, 3.63) is 30.3 Å². The number of hydrogen-bond donors (Lipinski definition) is 2. The molecule has 0 aromatic heterocycles. The van der Waals surface area contributed by atoms with Crippen molar-refractivity contribution < 1.29 is 4.79 Å². The molecule has 4 nitrogen and oxygen atoms in total. The van der Waals surface area contributed by atoms with Crippen molar-refractivity contribution >= 4 is 11.7 Å². The third-order valence-corrected chi connectivity index (χ3v) is 3.33. The molecule has 0 radical (unpaired) electrons. The number of nitrogens with zero attached hydrogens (tertiary/aromatic N) is 1. The summed E-state index contributed by atoms with van der Waals surface area (Å²) >= 11 is 0. The fourth-order valence-corrected chi connectivity index (χ4v) is 2.01. The van der Waals surface area contributed by atoms with Gasteiger partial charge in [0, 0.05) is 24.8 Å². The monoisotopic (exact) mass is 233 g/mol. The number of amides is 2. The molecule has 3 N–H and O–H groups in total. The van der Waals surface area contributed by atoms with Crippen LogP contribution in [0.5, 0.6) is 0 Å². The molecule has 1 saturated heterocycles. The van der Waals surface area contributed by atoms with Gasteiger partial charge in [-0.2, -0.15) is 0 Å². The van der Waals surface area contributed by atoms with E-state index >= 15 is 0 Å². The van der Waals surface area contributed by atoms with Gasteiger partial charge in [-0.3, -0.25) is 0 Å². The average molecular weight is 233 g/mol. The van der Waals surface area contributed by atoms with Crippen LogP contribution in [0.15, 0.2) is 30.3 Å². The van der Waals surface area contributed by atoms with E-state index in [9.17, 15) is 4.79 Å². The Bertz CT molecular complexity index is 380. The molecule has 0 saturated carbocycles. The predicted molar refractivity (Wildman–Crippen MR) is 68.8 cm³/mol. The van der Waals surface area contributed by atoms with Crippen molar-refractivity contribution in [1.82, 2.24) is 4.90 Å². The molecule has 0 spiro atoms. The van der Waals surface area contributed by atoms with Gasteiger partial charge in [-0.25, -0.2) is 4.79 Å². The Balaban J connectivity index is 1.93. The highest BCUT2D eigenvalue weighted by molar-refractivity contribution is 5.89. The molecule has 0 aliphatic carbocycles. The van der Waals surface area contributed by atoms with E-state index < -0.39 is 0 Å². The molecule has 2 atom stereocenters. The van der Waals surface area contributed by atoms with Crippen LogP contribution in [0.25, 0.3) is 0 Å². The quantitative estimate of drug-likeness (QED) is 0.778. The zero-order valence-electron chi connectivity index (χ0n) is 10.1. The van der Waals surface area contributed by atoms with E-state index in [-0.39, 0.29) is 12.1 Å². The standard InChI is InChI=1S/C13H19N3O/c1-10-7-8-16(9-12(10)14)13(17)15-11-5-3-2-4-6-11/h2-6,10,12H,7-9,14H2,1H3,(H,15,17). The van der Waals surface area contributed by atoms with Crippen LogP contribution in [-0.4, -0.2) is 30.1 Å². The van der Waals surface area contributed by atoms with Crippen LogP contribution in [0.2, 0.25) is 0 Å². The lowest BCUT2D eigenvalue weighted by Gasteiger charge is -2.34. The minimum Gasteiger partial charge on any atom is -0.326 e. The highest BCUT2D eigenvalue weighted by atomic mass is 16.2. The molecule has 2 rings (SSSR count). The van der Waals surface area contributed by atoms with Crippen LogP contribution in [0, 0.1) is 5.92 Å². The molecule has 1 heterocycles. The van der Waals surface area contributed by atoms with Crippen LogP contribution in [0.3, 0.4) is 0 Å². The van der Waals surface area contributed by atoms with Crippen LogP contribution >= 0.6 is 0 Å². The summed E-state index contributed by atoms with van der Waals surface area (Å²) in [5.74, 6) is 0.496. The Kier molecular flexibility index (Phi) is 3.64. The molecule has 1 aliphatic heterocycles. The van der Waals surface area contributed by atoms with E-state index in [4.69, 9.17) is 5.73 Å². The van der Waals surface area contributed by atoms with Gasteiger partial charge < -0.3 is 16.0 Å². The molecule has 17 heavy (non-hydrogen) atoms. The zero-order chi connectivity index (χ0) is 12.3. The first kappa shape index (κ1) is 11.9. The van der Waals surface area contributed by atoms with Crippen molar-refractivity contribution in [1.29, 1.82) is 0 Å². The maximum Gasteiger partial charge on any atom is 0.321 e. The number of hydrogen-bond acceptors (Lipinski definition) is 2. The summed E-state index contributed by atoms with van der Waals surface area (Å²) in [5, 5.41) is 2.88. The number of piperidine rings is 1. The van der Waals surface area contributed by atoms with Crippen molar-refractivity contribution in [2.24, 2.45) is 11.7 Å². The van der Waals surface area contributed by atoms with Gasteiger partial charge >= 0.3 is 6.03 Å². The van der Waals surface area contributed by atoms with Gasteiger partial charge in [-0.05, 0) is 24.5 Å². The van der Waals surface area contributed by atoms with Crippen molar-refractivity contribution in [2.45, 2.75) is 19.4 Å².